The van der Waals surface area contributed by atoms with E-state index in [4.69, 9.17) is 11.6 Å². The van der Waals surface area contributed by atoms with Gasteiger partial charge in [0.2, 0.25) is 5.91 Å². The summed E-state index contributed by atoms with van der Waals surface area (Å²) in [4.78, 5) is 22.8. The molecule has 6 heteroatoms. The zero-order valence-corrected chi connectivity index (χ0v) is 14.3. The molecule has 1 rings (SSSR count). The zero-order chi connectivity index (χ0) is 16.0. The number of carbonyl (C=O) groups excluding carboxylic acids is 1. The largest absolute Gasteiger partial charge is 0.352 e. The van der Waals surface area contributed by atoms with Crippen LogP contribution in [-0.2, 0) is 11.2 Å². The Morgan fingerprint density at radius 1 is 1.33 bits per heavy atom. The van der Waals surface area contributed by atoms with Crippen LogP contribution >= 0.6 is 11.6 Å². The summed E-state index contributed by atoms with van der Waals surface area (Å²) < 4.78 is 0. The van der Waals surface area contributed by atoms with Crippen LogP contribution < -0.4 is 10.2 Å². The fourth-order valence-corrected chi connectivity index (χ4v) is 2.22. The summed E-state index contributed by atoms with van der Waals surface area (Å²) in [5.41, 5.74) is 0.815. The molecule has 0 aliphatic rings. The Morgan fingerprint density at radius 3 is 2.52 bits per heavy atom. The SMILES string of the molecule is CCCc1nc(Cl)c(C)c(N(CC)CC(=O)NC(C)C)n1. The molecule has 0 saturated carbocycles. The number of rotatable bonds is 7. The first kappa shape index (κ1) is 17.7. The maximum absolute atomic E-state index is 12.0. The Hall–Kier alpha value is -1.36. The van der Waals surface area contributed by atoms with Gasteiger partial charge in [-0.1, -0.05) is 18.5 Å². The van der Waals surface area contributed by atoms with Crippen LogP contribution in [0.4, 0.5) is 5.82 Å². The highest BCUT2D eigenvalue weighted by atomic mass is 35.5. The second-order valence-electron chi connectivity index (χ2n) is 5.37. The quantitative estimate of drug-likeness (QED) is 0.787. The second-order valence-corrected chi connectivity index (χ2v) is 5.72. The standard InChI is InChI=1S/C15H25ClN4O/c1-6-8-12-18-14(16)11(5)15(19-12)20(7-2)9-13(21)17-10(3)4/h10H,6-9H2,1-5H3,(H,17,21). The third-order valence-corrected chi connectivity index (χ3v) is 3.41. The molecule has 0 fully saturated rings. The van der Waals surface area contributed by atoms with Crippen LogP contribution in [0, 0.1) is 6.92 Å². The van der Waals surface area contributed by atoms with Crippen molar-refractivity contribution in [3.05, 3.63) is 16.5 Å². The molecule has 0 saturated heterocycles. The van der Waals surface area contributed by atoms with Crippen molar-refractivity contribution in [1.82, 2.24) is 15.3 Å². The van der Waals surface area contributed by atoms with Gasteiger partial charge in [0.05, 0.1) is 6.54 Å². The lowest BCUT2D eigenvalue weighted by Crippen LogP contribution is -2.40. The normalized spacial score (nSPS) is 10.8. The van der Waals surface area contributed by atoms with Crippen LogP contribution in [-0.4, -0.2) is 35.0 Å². The van der Waals surface area contributed by atoms with E-state index < -0.39 is 0 Å². The Kier molecular flexibility index (Phi) is 6.89. The Morgan fingerprint density at radius 2 is 2.00 bits per heavy atom. The van der Waals surface area contributed by atoms with Crippen LogP contribution in [0.5, 0.6) is 0 Å². The van der Waals surface area contributed by atoms with E-state index in [0.29, 0.717) is 11.7 Å². The molecule has 0 spiro atoms. The third kappa shape index (κ3) is 5.16. The summed E-state index contributed by atoms with van der Waals surface area (Å²) in [6, 6.07) is 0.127. The van der Waals surface area contributed by atoms with Gasteiger partial charge in [0.1, 0.15) is 16.8 Å². The molecule has 0 unspecified atom stereocenters. The highest BCUT2D eigenvalue weighted by Crippen LogP contribution is 2.23. The average molecular weight is 313 g/mol. The molecule has 1 N–H and O–H groups in total. The van der Waals surface area contributed by atoms with Crippen LogP contribution in [0.1, 0.15) is 45.5 Å². The number of amides is 1. The van der Waals surface area contributed by atoms with Crippen LogP contribution in [0.15, 0.2) is 0 Å². The number of aromatic nitrogens is 2. The summed E-state index contributed by atoms with van der Waals surface area (Å²) in [6.07, 6.45) is 1.74. The van der Waals surface area contributed by atoms with Gasteiger partial charge in [0.25, 0.3) is 0 Å². The molecular weight excluding hydrogens is 288 g/mol. The molecular formula is C15H25ClN4O. The van der Waals surface area contributed by atoms with Crippen molar-refractivity contribution in [1.29, 1.82) is 0 Å². The number of anilines is 1. The molecule has 1 aromatic rings. The molecule has 1 aromatic heterocycles. The maximum Gasteiger partial charge on any atom is 0.239 e. The topological polar surface area (TPSA) is 58.1 Å². The first-order chi connectivity index (χ1) is 9.88. The average Bonchev–Trinajstić information content (AvgIpc) is 2.39. The number of halogens is 1. The van der Waals surface area contributed by atoms with Gasteiger partial charge in [-0.05, 0) is 34.1 Å². The summed E-state index contributed by atoms with van der Waals surface area (Å²) >= 11 is 6.20. The molecule has 118 valence electrons. The van der Waals surface area contributed by atoms with Gasteiger partial charge in [0.15, 0.2) is 0 Å². The predicted molar refractivity (Wildman–Crippen MR) is 86.9 cm³/mol. The third-order valence-electron chi connectivity index (χ3n) is 3.05. The number of hydrogen-bond donors (Lipinski definition) is 1. The summed E-state index contributed by atoms with van der Waals surface area (Å²) in [5.74, 6) is 1.46. The van der Waals surface area contributed by atoms with E-state index in [-0.39, 0.29) is 18.5 Å². The summed E-state index contributed by atoms with van der Waals surface area (Å²) in [6.45, 7) is 10.8. The molecule has 0 aliphatic heterocycles. The van der Waals surface area contributed by atoms with Gasteiger partial charge < -0.3 is 10.2 Å². The van der Waals surface area contributed by atoms with E-state index >= 15 is 0 Å². The maximum atomic E-state index is 12.0. The smallest absolute Gasteiger partial charge is 0.239 e. The first-order valence-electron chi connectivity index (χ1n) is 7.46. The molecule has 0 radical (unpaired) electrons. The van der Waals surface area contributed by atoms with Crippen molar-refractivity contribution in [3.63, 3.8) is 0 Å². The van der Waals surface area contributed by atoms with Gasteiger partial charge in [-0.15, -0.1) is 0 Å². The Labute approximate surface area is 132 Å². The van der Waals surface area contributed by atoms with E-state index in [1.807, 2.05) is 32.6 Å². The molecule has 0 aliphatic carbocycles. The molecule has 21 heavy (non-hydrogen) atoms. The summed E-state index contributed by atoms with van der Waals surface area (Å²) in [7, 11) is 0. The van der Waals surface area contributed by atoms with E-state index in [0.717, 1.165) is 30.0 Å². The Bertz CT molecular complexity index is 491. The van der Waals surface area contributed by atoms with Crippen LogP contribution in [0.2, 0.25) is 5.15 Å². The Balaban J connectivity index is 3.01. The molecule has 1 heterocycles. The minimum absolute atomic E-state index is 0.0157. The lowest BCUT2D eigenvalue weighted by atomic mass is 10.2. The van der Waals surface area contributed by atoms with Crippen molar-refractivity contribution in [2.75, 3.05) is 18.0 Å². The van der Waals surface area contributed by atoms with Gasteiger partial charge in [-0.3, -0.25) is 4.79 Å². The lowest BCUT2D eigenvalue weighted by Gasteiger charge is -2.24. The van der Waals surface area contributed by atoms with Crippen molar-refractivity contribution in [2.24, 2.45) is 0 Å². The van der Waals surface area contributed by atoms with E-state index in [1.165, 1.54) is 0 Å². The number of carbonyl (C=O) groups is 1. The van der Waals surface area contributed by atoms with Crippen molar-refractivity contribution >= 4 is 23.3 Å². The molecule has 0 bridgehead atoms. The van der Waals surface area contributed by atoms with Crippen LogP contribution in [0.25, 0.3) is 0 Å². The molecule has 0 atom stereocenters. The molecule has 0 aromatic carbocycles. The number of likely N-dealkylation sites (N-methyl/N-ethyl adjacent to an activating group) is 1. The summed E-state index contributed by atoms with van der Waals surface area (Å²) in [5, 5.41) is 3.36. The number of nitrogens with zero attached hydrogens (tertiary/aromatic N) is 3. The fourth-order valence-electron chi connectivity index (χ4n) is 2.04. The molecule has 5 nitrogen and oxygen atoms in total. The van der Waals surface area contributed by atoms with Gasteiger partial charge in [-0.25, -0.2) is 9.97 Å². The van der Waals surface area contributed by atoms with E-state index in [9.17, 15) is 4.79 Å². The van der Waals surface area contributed by atoms with Gasteiger partial charge >= 0.3 is 0 Å². The minimum atomic E-state index is -0.0157. The monoisotopic (exact) mass is 312 g/mol. The van der Waals surface area contributed by atoms with Crippen molar-refractivity contribution in [3.8, 4) is 0 Å². The van der Waals surface area contributed by atoms with Crippen LogP contribution in [0.3, 0.4) is 0 Å². The van der Waals surface area contributed by atoms with Crippen molar-refractivity contribution < 1.29 is 4.79 Å². The highest BCUT2D eigenvalue weighted by molar-refractivity contribution is 6.30. The van der Waals surface area contributed by atoms with Gasteiger partial charge in [-0.2, -0.15) is 0 Å². The first-order valence-corrected chi connectivity index (χ1v) is 7.84. The van der Waals surface area contributed by atoms with Gasteiger partial charge in [0, 0.05) is 24.6 Å². The van der Waals surface area contributed by atoms with E-state index in [1.54, 1.807) is 0 Å². The fraction of sp³-hybridized carbons (Fsp3) is 0.667. The number of hydrogen-bond acceptors (Lipinski definition) is 4. The van der Waals surface area contributed by atoms with Crippen molar-refractivity contribution in [2.45, 2.75) is 53.5 Å². The minimum Gasteiger partial charge on any atom is -0.352 e. The predicted octanol–water partition coefficient (Wildman–Crippen LogP) is 2.74. The zero-order valence-electron chi connectivity index (χ0n) is 13.5. The lowest BCUT2D eigenvalue weighted by molar-refractivity contribution is -0.120. The van der Waals surface area contributed by atoms with E-state index in [2.05, 4.69) is 22.2 Å². The highest BCUT2D eigenvalue weighted by Gasteiger charge is 2.17. The number of aryl methyl sites for hydroxylation is 1. The molecule has 1 amide bonds. The second kappa shape index (κ2) is 8.17. The number of nitrogens with one attached hydrogen (secondary N) is 1.